The smallest absolute Gasteiger partial charge is 0.434 e. The van der Waals surface area contributed by atoms with Crippen molar-refractivity contribution in [3.8, 4) is 5.69 Å². The second-order valence-electron chi connectivity index (χ2n) is 5.52. The minimum atomic E-state index is -4.83. The third-order valence-corrected chi connectivity index (χ3v) is 3.65. The summed E-state index contributed by atoms with van der Waals surface area (Å²) in [6.07, 6.45) is -2.67. The van der Waals surface area contributed by atoms with E-state index in [9.17, 15) is 22.8 Å². The summed E-state index contributed by atoms with van der Waals surface area (Å²) in [7, 11) is 0. The van der Waals surface area contributed by atoms with Gasteiger partial charge in [-0.3, -0.25) is 4.79 Å². The molecule has 0 fully saturated rings. The van der Waals surface area contributed by atoms with Gasteiger partial charge in [-0.1, -0.05) is 0 Å². The Morgan fingerprint density at radius 1 is 1.21 bits per heavy atom. The van der Waals surface area contributed by atoms with Gasteiger partial charge in [0.1, 0.15) is 5.56 Å². The third kappa shape index (κ3) is 3.90. The van der Waals surface area contributed by atoms with Gasteiger partial charge in [-0.2, -0.15) is 18.3 Å². The quantitative estimate of drug-likeness (QED) is 0.664. The van der Waals surface area contributed by atoms with Gasteiger partial charge in [0.2, 0.25) is 0 Å². The molecule has 0 aliphatic heterocycles. The van der Waals surface area contributed by atoms with E-state index in [1.165, 1.54) is 43.5 Å². The number of aromatic nitrogens is 2. The molecule has 0 bridgehead atoms. The van der Waals surface area contributed by atoms with Crippen LogP contribution in [0.1, 0.15) is 33.5 Å². The molecule has 0 saturated carbocycles. The summed E-state index contributed by atoms with van der Waals surface area (Å²) in [6, 6.07) is 8.49. The predicted molar refractivity (Wildman–Crippen MR) is 91.2 cm³/mol. The van der Waals surface area contributed by atoms with Gasteiger partial charge < -0.3 is 14.5 Å². The highest BCUT2D eigenvalue weighted by Gasteiger charge is 2.41. The molecule has 0 spiro atoms. The van der Waals surface area contributed by atoms with Gasteiger partial charge in [0.25, 0.3) is 5.91 Å². The summed E-state index contributed by atoms with van der Waals surface area (Å²) in [4.78, 5) is 23.7. The number of ether oxygens (including phenoxy) is 1. The number of nitrogens with zero attached hydrogens (tertiary/aromatic N) is 2. The Hall–Kier alpha value is -3.56. The first kappa shape index (κ1) is 19.2. The molecule has 1 N–H and O–H groups in total. The van der Waals surface area contributed by atoms with Crippen LogP contribution in [0.3, 0.4) is 0 Å². The van der Waals surface area contributed by atoms with Crippen LogP contribution in [0.2, 0.25) is 0 Å². The summed E-state index contributed by atoms with van der Waals surface area (Å²) in [5.74, 6) is -1.52. The largest absolute Gasteiger partial charge is 0.462 e. The first-order chi connectivity index (χ1) is 13.3. The highest BCUT2D eigenvalue weighted by Crippen LogP contribution is 2.34. The Morgan fingerprint density at radius 3 is 2.50 bits per heavy atom. The van der Waals surface area contributed by atoms with Crippen molar-refractivity contribution in [2.24, 2.45) is 0 Å². The maximum absolute atomic E-state index is 13.5. The zero-order chi connectivity index (χ0) is 20.3. The molecule has 0 aliphatic carbocycles. The second kappa shape index (κ2) is 7.59. The molecule has 3 aromatic rings. The van der Waals surface area contributed by atoms with Gasteiger partial charge in [0.15, 0.2) is 11.5 Å². The first-order valence-corrected chi connectivity index (χ1v) is 8.09. The Bertz CT molecular complexity index is 977. The van der Waals surface area contributed by atoms with E-state index < -0.39 is 29.3 Å². The van der Waals surface area contributed by atoms with Crippen molar-refractivity contribution in [1.29, 1.82) is 0 Å². The number of alkyl halides is 3. The highest BCUT2D eigenvalue weighted by molar-refractivity contribution is 6.02. The maximum atomic E-state index is 13.5. The Morgan fingerprint density at radius 2 is 1.93 bits per heavy atom. The van der Waals surface area contributed by atoms with E-state index in [4.69, 9.17) is 4.42 Å². The van der Waals surface area contributed by atoms with Gasteiger partial charge in [0, 0.05) is 5.69 Å². The molecule has 2 heterocycles. The zero-order valence-electron chi connectivity index (χ0n) is 14.5. The van der Waals surface area contributed by atoms with Crippen molar-refractivity contribution < 1.29 is 31.9 Å². The number of carbonyl (C=O) groups excluding carboxylic acids is 2. The van der Waals surface area contributed by atoms with Crippen molar-refractivity contribution in [3.05, 3.63) is 65.9 Å². The fourth-order valence-electron chi connectivity index (χ4n) is 2.46. The monoisotopic (exact) mass is 393 g/mol. The lowest BCUT2D eigenvalue weighted by Gasteiger charge is -2.13. The summed E-state index contributed by atoms with van der Waals surface area (Å²) >= 11 is 0. The van der Waals surface area contributed by atoms with E-state index in [-0.39, 0.29) is 18.1 Å². The molecule has 0 aliphatic rings. The van der Waals surface area contributed by atoms with Crippen molar-refractivity contribution in [2.75, 3.05) is 11.9 Å². The topological polar surface area (TPSA) is 86.4 Å². The van der Waals surface area contributed by atoms with E-state index in [1.807, 2.05) is 0 Å². The average Bonchev–Trinajstić information content (AvgIpc) is 3.32. The summed E-state index contributed by atoms with van der Waals surface area (Å²) in [5, 5.41) is 6.23. The van der Waals surface area contributed by atoms with Gasteiger partial charge in [-0.15, -0.1) is 0 Å². The molecule has 0 atom stereocenters. The molecular formula is C18H14F3N3O4. The van der Waals surface area contributed by atoms with E-state index >= 15 is 0 Å². The van der Waals surface area contributed by atoms with E-state index in [0.29, 0.717) is 10.4 Å². The Labute approximate surface area is 156 Å². The van der Waals surface area contributed by atoms with Crippen LogP contribution in [-0.4, -0.2) is 28.3 Å². The van der Waals surface area contributed by atoms with Crippen LogP contribution in [0.25, 0.3) is 5.69 Å². The number of furan rings is 1. The van der Waals surface area contributed by atoms with Gasteiger partial charge in [-0.05, 0) is 43.3 Å². The molecule has 0 saturated heterocycles. The van der Waals surface area contributed by atoms with Crippen molar-refractivity contribution in [1.82, 2.24) is 9.78 Å². The molecule has 3 rings (SSSR count). The number of nitrogens with one attached hydrogen (secondary N) is 1. The van der Waals surface area contributed by atoms with E-state index in [2.05, 4.69) is 15.2 Å². The normalized spacial score (nSPS) is 11.3. The SMILES string of the molecule is CCOC(=O)c1cnn(-c2ccc(NC(=O)c3ccco3)cc2)c1C(F)(F)F. The van der Waals surface area contributed by atoms with Crippen molar-refractivity contribution in [3.63, 3.8) is 0 Å². The molecule has 0 radical (unpaired) electrons. The van der Waals surface area contributed by atoms with E-state index in [0.717, 1.165) is 6.20 Å². The molecule has 28 heavy (non-hydrogen) atoms. The lowest BCUT2D eigenvalue weighted by Crippen LogP contribution is -2.18. The van der Waals surface area contributed by atoms with Crippen LogP contribution in [0.4, 0.5) is 18.9 Å². The summed E-state index contributed by atoms with van der Waals surface area (Å²) < 4.78 is 50.7. The first-order valence-electron chi connectivity index (χ1n) is 8.09. The molecular weight excluding hydrogens is 379 g/mol. The Balaban J connectivity index is 1.89. The molecule has 0 unspecified atom stereocenters. The predicted octanol–water partition coefficient (Wildman–Crippen LogP) is 3.91. The second-order valence-corrected chi connectivity index (χ2v) is 5.52. The molecule has 146 valence electrons. The third-order valence-electron chi connectivity index (χ3n) is 3.65. The summed E-state index contributed by atoms with van der Waals surface area (Å²) in [5.41, 5.74) is -1.52. The molecule has 1 aromatic carbocycles. The standard InChI is InChI=1S/C18H14F3N3O4/c1-2-27-17(26)13-10-22-24(15(13)18(19,20)21)12-7-5-11(6-8-12)23-16(25)14-4-3-9-28-14/h3-10H,2H2,1H3,(H,23,25). The van der Waals surface area contributed by atoms with E-state index in [1.54, 1.807) is 6.07 Å². The van der Waals surface area contributed by atoms with Gasteiger partial charge in [0.05, 0.1) is 24.8 Å². The number of benzene rings is 1. The zero-order valence-corrected chi connectivity index (χ0v) is 14.5. The van der Waals surface area contributed by atoms with Crippen LogP contribution in [0.5, 0.6) is 0 Å². The number of esters is 1. The van der Waals surface area contributed by atoms with Crippen LogP contribution in [0.15, 0.2) is 53.3 Å². The van der Waals surface area contributed by atoms with Gasteiger partial charge >= 0.3 is 12.1 Å². The fraction of sp³-hybridized carbons (Fsp3) is 0.167. The minimum Gasteiger partial charge on any atom is -0.462 e. The number of carbonyl (C=O) groups is 2. The van der Waals surface area contributed by atoms with Gasteiger partial charge in [-0.25, -0.2) is 9.48 Å². The number of rotatable bonds is 5. The molecule has 7 nitrogen and oxygen atoms in total. The van der Waals surface area contributed by atoms with Crippen LogP contribution < -0.4 is 5.32 Å². The maximum Gasteiger partial charge on any atom is 0.434 e. The van der Waals surface area contributed by atoms with Crippen LogP contribution in [0, 0.1) is 0 Å². The molecule has 2 aromatic heterocycles. The highest BCUT2D eigenvalue weighted by atomic mass is 19.4. The lowest BCUT2D eigenvalue weighted by molar-refractivity contribution is -0.143. The number of amides is 1. The number of anilines is 1. The van der Waals surface area contributed by atoms with Crippen molar-refractivity contribution >= 4 is 17.6 Å². The summed E-state index contributed by atoms with van der Waals surface area (Å²) in [6.45, 7) is 1.43. The number of hydrogen-bond donors (Lipinski definition) is 1. The lowest BCUT2D eigenvalue weighted by atomic mass is 10.2. The van der Waals surface area contributed by atoms with Crippen LogP contribution >= 0.6 is 0 Å². The Kier molecular flexibility index (Phi) is 5.21. The molecule has 1 amide bonds. The molecule has 10 heteroatoms. The average molecular weight is 393 g/mol. The fourth-order valence-corrected chi connectivity index (χ4v) is 2.46. The number of halogens is 3. The number of hydrogen-bond acceptors (Lipinski definition) is 5. The van der Waals surface area contributed by atoms with Crippen LogP contribution in [-0.2, 0) is 10.9 Å². The minimum absolute atomic E-state index is 0.0545. The van der Waals surface area contributed by atoms with Crippen molar-refractivity contribution in [2.45, 2.75) is 13.1 Å².